The molecule has 2 aromatic heterocycles. The SMILES string of the molecule is Nc1nc2ccccc2c2c1nc(CCC1CC1)n2CCCCCS(=O)(=O)c1ccccc1. The van der Waals surface area contributed by atoms with Crippen molar-refractivity contribution in [3.63, 3.8) is 0 Å². The first kappa shape index (κ1) is 21.9. The van der Waals surface area contributed by atoms with Gasteiger partial charge in [-0.3, -0.25) is 0 Å². The largest absolute Gasteiger partial charge is 0.382 e. The third-order valence-electron chi connectivity index (χ3n) is 6.56. The number of rotatable bonds is 10. The number of sulfone groups is 1. The summed E-state index contributed by atoms with van der Waals surface area (Å²) in [6.45, 7) is 0.801. The topological polar surface area (TPSA) is 90.9 Å². The number of nitrogen functional groups attached to an aromatic ring is 1. The molecule has 0 atom stereocenters. The minimum atomic E-state index is -3.23. The number of anilines is 1. The van der Waals surface area contributed by atoms with Crippen LogP contribution in [-0.4, -0.2) is 28.7 Å². The number of fused-ring (bicyclic) bond motifs is 3. The average molecular weight is 463 g/mol. The average Bonchev–Trinajstić information content (AvgIpc) is 3.58. The van der Waals surface area contributed by atoms with E-state index in [1.807, 2.05) is 24.3 Å². The molecule has 5 rings (SSSR count). The maximum Gasteiger partial charge on any atom is 0.178 e. The molecular formula is C26H30N4O2S. The number of imidazole rings is 1. The third-order valence-corrected chi connectivity index (χ3v) is 8.38. The van der Waals surface area contributed by atoms with E-state index in [0.717, 1.165) is 65.9 Å². The summed E-state index contributed by atoms with van der Waals surface area (Å²) in [6, 6.07) is 16.8. The first-order valence-electron chi connectivity index (χ1n) is 11.8. The summed E-state index contributed by atoms with van der Waals surface area (Å²) in [5.41, 5.74) is 9.02. The molecule has 7 heteroatoms. The zero-order valence-corrected chi connectivity index (χ0v) is 19.6. The van der Waals surface area contributed by atoms with Crippen molar-refractivity contribution >= 4 is 37.6 Å². The van der Waals surface area contributed by atoms with Crippen LogP contribution in [0.3, 0.4) is 0 Å². The summed E-state index contributed by atoms with van der Waals surface area (Å²) in [5.74, 6) is 2.55. The molecule has 6 nitrogen and oxygen atoms in total. The molecule has 2 heterocycles. The molecule has 172 valence electrons. The van der Waals surface area contributed by atoms with Crippen LogP contribution in [0.5, 0.6) is 0 Å². The predicted molar refractivity (Wildman–Crippen MR) is 133 cm³/mol. The molecule has 0 amide bonds. The number of aryl methyl sites for hydroxylation is 2. The highest BCUT2D eigenvalue weighted by Crippen LogP contribution is 2.35. The van der Waals surface area contributed by atoms with Crippen LogP contribution >= 0.6 is 0 Å². The molecule has 1 aliphatic rings. The van der Waals surface area contributed by atoms with Crippen molar-refractivity contribution in [2.24, 2.45) is 5.92 Å². The second-order valence-corrected chi connectivity index (χ2v) is 11.2. The Bertz CT molecular complexity index is 1380. The van der Waals surface area contributed by atoms with Gasteiger partial charge < -0.3 is 10.3 Å². The Hall–Kier alpha value is -2.93. The van der Waals surface area contributed by atoms with Gasteiger partial charge >= 0.3 is 0 Å². The van der Waals surface area contributed by atoms with Crippen molar-refractivity contribution in [2.45, 2.75) is 56.4 Å². The van der Waals surface area contributed by atoms with E-state index < -0.39 is 9.84 Å². The molecule has 0 unspecified atom stereocenters. The van der Waals surface area contributed by atoms with Crippen LogP contribution in [0.2, 0.25) is 0 Å². The maximum absolute atomic E-state index is 12.6. The molecule has 0 spiro atoms. The number of aromatic nitrogens is 3. The van der Waals surface area contributed by atoms with Gasteiger partial charge in [0.05, 0.1) is 21.7 Å². The van der Waals surface area contributed by atoms with Gasteiger partial charge in [-0.25, -0.2) is 18.4 Å². The van der Waals surface area contributed by atoms with Crippen LogP contribution < -0.4 is 5.73 Å². The molecule has 2 N–H and O–H groups in total. The van der Waals surface area contributed by atoms with Crippen molar-refractivity contribution in [3.8, 4) is 0 Å². The lowest BCUT2D eigenvalue weighted by Crippen LogP contribution is -2.08. The van der Waals surface area contributed by atoms with E-state index in [1.165, 1.54) is 12.8 Å². The van der Waals surface area contributed by atoms with E-state index in [1.54, 1.807) is 24.3 Å². The highest BCUT2D eigenvalue weighted by Gasteiger charge is 2.23. The molecule has 0 aliphatic heterocycles. The summed E-state index contributed by atoms with van der Waals surface area (Å²) < 4.78 is 27.4. The maximum atomic E-state index is 12.6. The van der Waals surface area contributed by atoms with E-state index in [2.05, 4.69) is 15.6 Å². The van der Waals surface area contributed by atoms with Crippen LogP contribution in [0.4, 0.5) is 5.82 Å². The summed E-state index contributed by atoms with van der Waals surface area (Å²) in [4.78, 5) is 9.89. The number of unbranched alkanes of at least 4 members (excludes halogenated alkanes) is 2. The lowest BCUT2D eigenvalue weighted by molar-refractivity contribution is 0.567. The van der Waals surface area contributed by atoms with E-state index in [-0.39, 0.29) is 5.75 Å². The summed E-state index contributed by atoms with van der Waals surface area (Å²) in [5, 5.41) is 1.07. The third kappa shape index (κ3) is 4.74. The number of hydrogen-bond donors (Lipinski definition) is 1. The number of para-hydroxylation sites is 1. The fraction of sp³-hybridized carbons (Fsp3) is 0.385. The highest BCUT2D eigenvalue weighted by molar-refractivity contribution is 7.91. The molecule has 0 bridgehead atoms. The van der Waals surface area contributed by atoms with Crippen LogP contribution in [0.25, 0.3) is 21.9 Å². The van der Waals surface area contributed by atoms with E-state index in [0.29, 0.717) is 17.1 Å². The number of nitrogens with two attached hydrogens (primary N) is 1. The Morgan fingerprint density at radius 1 is 0.939 bits per heavy atom. The highest BCUT2D eigenvalue weighted by atomic mass is 32.2. The lowest BCUT2D eigenvalue weighted by Gasteiger charge is -2.11. The van der Waals surface area contributed by atoms with Crippen molar-refractivity contribution in [3.05, 3.63) is 60.4 Å². The summed E-state index contributed by atoms with van der Waals surface area (Å²) in [7, 11) is -3.23. The van der Waals surface area contributed by atoms with Gasteiger partial charge in [0.2, 0.25) is 0 Å². The van der Waals surface area contributed by atoms with Crippen LogP contribution in [-0.2, 0) is 22.8 Å². The molecular weight excluding hydrogens is 432 g/mol. The normalized spacial score (nSPS) is 14.3. The predicted octanol–water partition coefficient (Wildman–Crippen LogP) is 5.15. The standard InChI is InChI=1S/C26H30N4O2S/c27-26-24-25(21-11-5-6-12-22(21)28-26)30(23(29-24)16-15-19-13-14-19)17-7-2-8-18-33(31,32)20-9-3-1-4-10-20/h1,3-6,9-12,19H,2,7-8,13-18H2,(H2,27,28). The summed E-state index contributed by atoms with van der Waals surface area (Å²) >= 11 is 0. The molecule has 2 aromatic carbocycles. The molecule has 1 aliphatic carbocycles. The second-order valence-electron chi connectivity index (χ2n) is 9.07. The van der Waals surface area contributed by atoms with Gasteiger partial charge in [0.15, 0.2) is 15.7 Å². The smallest absolute Gasteiger partial charge is 0.178 e. The second kappa shape index (κ2) is 9.14. The van der Waals surface area contributed by atoms with Gasteiger partial charge in [-0.2, -0.15) is 0 Å². The minimum Gasteiger partial charge on any atom is -0.382 e. The van der Waals surface area contributed by atoms with E-state index >= 15 is 0 Å². The number of nitrogens with zero attached hydrogens (tertiary/aromatic N) is 3. The molecule has 33 heavy (non-hydrogen) atoms. The molecule has 4 aromatic rings. The van der Waals surface area contributed by atoms with Crippen molar-refractivity contribution < 1.29 is 8.42 Å². The van der Waals surface area contributed by atoms with E-state index in [9.17, 15) is 8.42 Å². The number of benzene rings is 2. The van der Waals surface area contributed by atoms with E-state index in [4.69, 9.17) is 10.7 Å². The monoisotopic (exact) mass is 462 g/mol. The van der Waals surface area contributed by atoms with Crippen molar-refractivity contribution in [1.29, 1.82) is 0 Å². The molecule has 1 fully saturated rings. The Labute approximate surface area is 194 Å². The van der Waals surface area contributed by atoms with Gasteiger partial charge in [-0.1, -0.05) is 55.7 Å². The quantitative estimate of drug-likeness (QED) is 0.329. The van der Waals surface area contributed by atoms with Crippen LogP contribution in [0, 0.1) is 5.92 Å². The fourth-order valence-electron chi connectivity index (χ4n) is 4.56. The first-order valence-corrected chi connectivity index (χ1v) is 13.5. The van der Waals surface area contributed by atoms with Gasteiger partial charge in [0, 0.05) is 18.4 Å². The summed E-state index contributed by atoms with van der Waals surface area (Å²) in [6.07, 6.45) is 7.12. The molecule has 1 saturated carbocycles. The lowest BCUT2D eigenvalue weighted by atomic mass is 10.1. The fourth-order valence-corrected chi connectivity index (χ4v) is 5.95. The van der Waals surface area contributed by atoms with Gasteiger partial charge in [-0.15, -0.1) is 0 Å². The Kier molecular flexibility index (Phi) is 6.06. The number of pyridine rings is 1. The first-order chi connectivity index (χ1) is 16.0. The van der Waals surface area contributed by atoms with Crippen LogP contribution in [0.1, 0.15) is 44.3 Å². The molecule has 0 radical (unpaired) electrons. The van der Waals surface area contributed by atoms with Gasteiger partial charge in [0.1, 0.15) is 11.3 Å². The van der Waals surface area contributed by atoms with Gasteiger partial charge in [-0.05, 0) is 43.4 Å². The van der Waals surface area contributed by atoms with Crippen LogP contribution in [0.15, 0.2) is 59.5 Å². The Morgan fingerprint density at radius 2 is 1.70 bits per heavy atom. The van der Waals surface area contributed by atoms with Crippen molar-refractivity contribution in [2.75, 3.05) is 11.5 Å². The molecule has 0 saturated heterocycles. The van der Waals surface area contributed by atoms with Crippen molar-refractivity contribution in [1.82, 2.24) is 14.5 Å². The zero-order chi connectivity index (χ0) is 22.8. The Balaban J connectivity index is 1.34. The van der Waals surface area contributed by atoms with Gasteiger partial charge in [0.25, 0.3) is 0 Å². The zero-order valence-electron chi connectivity index (χ0n) is 18.8. The minimum absolute atomic E-state index is 0.177. The Morgan fingerprint density at radius 3 is 2.48 bits per heavy atom. The number of hydrogen-bond acceptors (Lipinski definition) is 5.